The van der Waals surface area contributed by atoms with Crippen molar-refractivity contribution in [2.75, 3.05) is 32.1 Å². The van der Waals surface area contributed by atoms with Crippen LogP contribution >= 0.6 is 0 Å². The quantitative estimate of drug-likeness (QED) is 0.808. The van der Waals surface area contributed by atoms with Crippen LogP contribution in [0.3, 0.4) is 0 Å². The molecule has 1 fully saturated rings. The molecule has 2 rings (SSSR count). The van der Waals surface area contributed by atoms with E-state index in [4.69, 9.17) is 9.47 Å². The second kappa shape index (κ2) is 7.80. The largest absolute Gasteiger partial charge is 0.490 e. The van der Waals surface area contributed by atoms with Crippen LogP contribution in [0.1, 0.15) is 20.8 Å². The first-order chi connectivity index (χ1) is 10.1. The molecule has 0 aliphatic carbocycles. The van der Waals surface area contributed by atoms with Crippen molar-refractivity contribution in [2.45, 2.75) is 32.1 Å². The Labute approximate surface area is 129 Å². The summed E-state index contributed by atoms with van der Waals surface area (Å²) in [7, 11) is -0.686. The number of hydrogen-bond acceptors (Lipinski definition) is 4. The summed E-state index contributed by atoms with van der Waals surface area (Å²) in [5, 5.41) is 0.231. The number of benzene rings is 1. The van der Waals surface area contributed by atoms with E-state index in [1.165, 1.54) is 0 Å². The van der Waals surface area contributed by atoms with Gasteiger partial charge in [0.2, 0.25) is 0 Å². The zero-order valence-electron chi connectivity index (χ0n) is 13.1. The fourth-order valence-corrected chi connectivity index (χ4v) is 3.94. The molecule has 1 aliphatic rings. The first-order valence-corrected chi connectivity index (χ1v) is 8.97. The maximum absolute atomic E-state index is 11.8. The van der Waals surface area contributed by atoms with Crippen molar-refractivity contribution < 1.29 is 13.7 Å². The SMILES string of the molecule is CCOc1ccccc1OCCN1CCS(=O)C(C)C1C. The Morgan fingerprint density at radius 1 is 1.24 bits per heavy atom. The van der Waals surface area contributed by atoms with Gasteiger partial charge in [-0.2, -0.15) is 0 Å². The Morgan fingerprint density at radius 3 is 2.57 bits per heavy atom. The molecule has 0 bridgehead atoms. The Bertz CT molecular complexity index is 480. The highest BCUT2D eigenvalue weighted by Gasteiger charge is 2.29. The molecule has 4 nitrogen and oxygen atoms in total. The number of hydrogen-bond donors (Lipinski definition) is 0. The van der Waals surface area contributed by atoms with Gasteiger partial charge in [0.05, 0.1) is 6.61 Å². The molecule has 0 amide bonds. The summed E-state index contributed by atoms with van der Waals surface area (Å²) in [4.78, 5) is 2.36. The average molecular weight is 311 g/mol. The zero-order chi connectivity index (χ0) is 15.2. The van der Waals surface area contributed by atoms with Gasteiger partial charge in [-0.05, 0) is 32.9 Å². The Morgan fingerprint density at radius 2 is 1.90 bits per heavy atom. The van der Waals surface area contributed by atoms with Gasteiger partial charge in [-0.1, -0.05) is 12.1 Å². The maximum Gasteiger partial charge on any atom is 0.161 e. The molecule has 5 heteroatoms. The lowest BCUT2D eigenvalue weighted by Crippen LogP contribution is -2.50. The van der Waals surface area contributed by atoms with E-state index in [1.54, 1.807) is 0 Å². The van der Waals surface area contributed by atoms with Gasteiger partial charge in [0.25, 0.3) is 0 Å². The lowest BCUT2D eigenvalue weighted by atomic mass is 10.2. The molecule has 3 atom stereocenters. The van der Waals surface area contributed by atoms with Gasteiger partial charge in [0.15, 0.2) is 11.5 Å². The summed E-state index contributed by atoms with van der Waals surface area (Å²) in [6.45, 7) is 9.17. The summed E-state index contributed by atoms with van der Waals surface area (Å²) in [6.07, 6.45) is 0. The van der Waals surface area contributed by atoms with E-state index in [0.717, 1.165) is 30.3 Å². The molecule has 0 saturated carbocycles. The molecule has 21 heavy (non-hydrogen) atoms. The van der Waals surface area contributed by atoms with Gasteiger partial charge >= 0.3 is 0 Å². The summed E-state index contributed by atoms with van der Waals surface area (Å²) >= 11 is 0. The Balaban J connectivity index is 1.86. The fraction of sp³-hybridized carbons (Fsp3) is 0.625. The molecule has 1 aromatic carbocycles. The first kappa shape index (κ1) is 16.3. The van der Waals surface area contributed by atoms with E-state index in [9.17, 15) is 4.21 Å². The summed E-state index contributed by atoms with van der Waals surface area (Å²) < 4.78 is 23.2. The van der Waals surface area contributed by atoms with Crippen LogP contribution in [0.4, 0.5) is 0 Å². The standard InChI is InChI=1S/C16H25NO3S/c1-4-19-15-7-5-6-8-16(15)20-11-9-17-10-12-21(18)14(3)13(17)2/h5-8,13-14H,4,9-12H2,1-3H3. The molecular weight excluding hydrogens is 286 g/mol. The fourth-order valence-electron chi connectivity index (χ4n) is 2.55. The molecule has 0 spiro atoms. The van der Waals surface area contributed by atoms with Crippen molar-refractivity contribution in [3.63, 3.8) is 0 Å². The molecule has 0 radical (unpaired) electrons. The molecular formula is C16H25NO3S. The topological polar surface area (TPSA) is 38.8 Å². The Kier molecular flexibility index (Phi) is 6.06. The van der Waals surface area contributed by atoms with E-state index >= 15 is 0 Å². The van der Waals surface area contributed by atoms with E-state index in [0.29, 0.717) is 19.3 Å². The van der Waals surface area contributed by atoms with E-state index in [2.05, 4.69) is 18.7 Å². The van der Waals surface area contributed by atoms with E-state index in [-0.39, 0.29) is 5.25 Å². The third kappa shape index (κ3) is 4.20. The summed E-state index contributed by atoms with van der Waals surface area (Å²) in [6, 6.07) is 8.09. The van der Waals surface area contributed by atoms with Gasteiger partial charge < -0.3 is 9.47 Å². The number of nitrogens with zero attached hydrogens (tertiary/aromatic N) is 1. The van der Waals surface area contributed by atoms with Crippen LogP contribution in [0.2, 0.25) is 0 Å². The minimum Gasteiger partial charge on any atom is -0.490 e. The number of para-hydroxylation sites is 2. The van der Waals surface area contributed by atoms with E-state index in [1.807, 2.05) is 31.2 Å². The van der Waals surface area contributed by atoms with Gasteiger partial charge in [0, 0.05) is 40.9 Å². The van der Waals surface area contributed by atoms with Gasteiger partial charge in [0.1, 0.15) is 6.61 Å². The molecule has 118 valence electrons. The molecule has 1 aromatic rings. The highest BCUT2D eigenvalue weighted by molar-refractivity contribution is 7.85. The molecule has 3 unspecified atom stereocenters. The third-order valence-corrected chi connectivity index (χ3v) is 5.84. The Hall–Kier alpha value is -1.07. The third-order valence-electron chi connectivity index (χ3n) is 4.03. The van der Waals surface area contributed by atoms with Crippen LogP contribution in [-0.2, 0) is 10.8 Å². The van der Waals surface area contributed by atoms with Crippen LogP contribution < -0.4 is 9.47 Å². The highest BCUT2D eigenvalue weighted by Crippen LogP contribution is 2.26. The van der Waals surface area contributed by atoms with Gasteiger partial charge in [-0.25, -0.2) is 0 Å². The minimum atomic E-state index is -0.686. The lowest BCUT2D eigenvalue weighted by Gasteiger charge is -2.37. The second-order valence-corrected chi connectivity index (χ2v) is 7.21. The molecule has 0 aromatic heterocycles. The summed E-state index contributed by atoms with van der Waals surface area (Å²) in [5.41, 5.74) is 0. The molecule has 1 saturated heterocycles. The zero-order valence-corrected chi connectivity index (χ0v) is 13.9. The lowest BCUT2D eigenvalue weighted by molar-refractivity contribution is 0.165. The van der Waals surface area contributed by atoms with Crippen LogP contribution in [0.25, 0.3) is 0 Å². The maximum atomic E-state index is 11.8. The monoisotopic (exact) mass is 311 g/mol. The highest BCUT2D eigenvalue weighted by atomic mass is 32.2. The van der Waals surface area contributed by atoms with Crippen molar-refractivity contribution in [3.8, 4) is 11.5 Å². The van der Waals surface area contributed by atoms with Crippen molar-refractivity contribution in [3.05, 3.63) is 24.3 Å². The number of ether oxygens (including phenoxy) is 2. The van der Waals surface area contributed by atoms with Crippen molar-refractivity contribution in [1.29, 1.82) is 0 Å². The number of rotatable bonds is 6. The van der Waals surface area contributed by atoms with Gasteiger partial charge in [-0.15, -0.1) is 0 Å². The molecule has 1 heterocycles. The minimum absolute atomic E-state index is 0.231. The van der Waals surface area contributed by atoms with E-state index < -0.39 is 10.8 Å². The smallest absolute Gasteiger partial charge is 0.161 e. The molecule has 0 N–H and O–H groups in total. The van der Waals surface area contributed by atoms with Crippen molar-refractivity contribution in [1.82, 2.24) is 4.90 Å². The predicted molar refractivity (Wildman–Crippen MR) is 86.6 cm³/mol. The van der Waals surface area contributed by atoms with Crippen molar-refractivity contribution >= 4 is 10.8 Å². The van der Waals surface area contributed by atoms with Gasteiger partial charge in [-0.3, -0.25) is 9.11 Å². The molecule has 1 aliphatic heterocycles. The normalized spacial score (nSPS) is 26.5. The van der Waals surface area contributed by atoms with Crippen molar-refractivity contribution in [2.24, 2.45) is 0 Å². The second-order valence-electron chi connectivity index (χ2n) is 5.29. The van der Waals surface area contributed by atoms with Crippen LogP contribution in [0.5, 0.6) is 11.5 Å². The van der Waals surface area contributed by atoms with Crippen LogP contribution in [0, 0.1) is 0 Å². The summed E-state index contributed by atoms with van der Waals surface area (Å²) in [5.74, 6) is 2.35. The van der Waals surface area contributed by atoms with Crippen LogP contribution in [-0.4, -0.2) is 52.5 Å². The first-order valence-electron chi connectivity index (χ1n) is 7.59. The predicted octanol–water partition coefficient (Wildman–Crippen LogP) is 2.31. The van der Waals surface area contributed by atoms with Crippen LogP contribution in [0.15, 0.2) is 24.3 Å². The average Bonchev–Trinajstić information content (AvgIpc) is 2.49.